The van der Waals surface area contributed by atoms with E-state index >= 15 is 4.39 Å². The Balaban J connectivity index is 2.08. The van der Waals surface area contributed by atoms with Crippen molar-refractivity contribution in [2.45, 2.75) is 12.8 Å². The number of likely N-dealkylation sites (N-methyl/N-ethyl adjacent to an activating group) is 1. The van der Waals surface area contributed by atoms with Crippen LogP contribution in [-0.2, 0) is 11.3 Å². The molecule has 10 heteroatoms. The van der Waals surface area contributed by atoms with Crippen molar-refractivity contribution in [3.05, 3.63) is 44.5 Å². The summed E-state index contributed by atoms with van der Waals surface area (Å²) in [5.74, 6) is 0.00274. The number of non-ortho nitro benzene ring substituents is 1. The van der Waals surface area contributed by atoms with Gasteiger partial charge >= 0.3 is 0 Å². The summed E-state index contributed by atoms with van der Waals surface area (Å²) in [4.78, 5) is 31.4. The van der Waals surface area contributed by atoms with Crippen molar-refractivity contribution in [3.63, 3.8) is 0 Å². The van der Waals surface area contributed by atoms with Crippen LogP contribution >= 0.6 is 0 Å². The highest BCUT2D eigenvalue weighted by atomic mass is 19.1. The molecule has 2 heterocycles. The Morgan fingerprint density at radius 3 is 2.67 bits per heavy atom. The van der Waals surface area contributed by atoms with Crippen LogP contribution in [0.25, 0.3) is 10.9 Å². The number of alkyl halides is 1. The highest BCUT2D eigenvalue weighted by molar-refractivity contribution is 5.80. The van der Waals surface area contributed by atoms with Gasteiger partial charge in [0.15, 0.2) is 5.82 Å². The standard InChI is InChI=1S/C17H22FN5O4/c1-20-5-7-21(8-6-20)15(18)16-19-14-4-3-12(23(25)26)11-13(14)17(24)22(16)9-10-27-2/h3-4,11,15H,5-10H2,1-2H3. The van der Waals surface area contributed by atoms with Crippen molar-refractivity contribution >= 4 is 16.6 Å². The Kier molecular flexibility index (Phi) is 5.78. The topological polar surface area (TPSA) is 93.7 Å². The maximum Gasteiger partial charge on any atom is 0.270 e. The van der Waals surface area contributed by atoms with E-state index in [0.717, 1.165) is 13.1 Å². The number of ether oxygens (including phenoxy) is 1. The third-order valence-electron chi connectivity index (χ3n) is 4.77. The van der Waals surface area contributed by atoms with Crippen LogP contribution in [0.2, 0.25) is 0 Å². The number of halogens is 1. The molecule has 0 aliphatic carbocycles. The van der Waals surface area contributed by atoms with Gasteiger partial charge in [-0.05, 0) is 13.1 Å². The molecule has 1 aliphatic rings. The molecule has 1 saturated heterocycles. The van der Waals surface area contributed by atoms with Crippen molar-refractivity contribution in [1.29, 1.82) is 0 Å². The van der Waals surface area contributed by atoms with E-state index < -0.39 is 16.8 Å². The van der Waals surface area contributed by atoms with Crippen molar-refractivity contribution < 1.29 is 14.1 Å². The van der Waals surface area contributed by atoms with Crippen molar-refractivity contribution in [2.24, 2.45) is 0 Å². The van der Waals surface area contributed by atoms with E-state index in [9.17, 15) is 14.9 Å². The Morgan fingerprint density at radius 1 is 1.33 bits per heavy atom. The van der Waals surface area contributed by atoms with Crippen LogP contribution in [0.15, 0.2) is 23.0 Å². The minimum Gasteiger partial charge on any atom is -0.383 e. The number of piperazine rings is 1. The molecule has 9 nitrogen and oxygen atoms in total. The van der Waals surface area contributed by atoms with Gasteiger partial charge in [-0.1, -0.05) is 0 Å². The molecule has 3 rings (SSSR count). The lowest BCUT2D eigenvalue weighted by Crippen LogP contribution is -2.46. The summed E-state index contributed by atoms with van der Waals surface area (Å²) >= 11 is 0. The fourth-order valence-electron chi connectivity index (χ4n) is 3.13. The van der Waals surface area contributed by atoms with Gasteiger partial charge in [0.25, 0.3) is 11.2 Å². The Hall–Kier alpha value is -2.43. The molecular weight excluding hydrogens is 357 g/mol. The van der Waals surface area contributed by atoms with Gasteiger partial charge in [0.1, 0.15) is 0 Å². The zero-order valence-electron chi connectivity index (χ0n) is 15.3. The molecule has 0 radical (unpaired) electrons. The lowest BCUT2D eigenvalue weighted by molar-refractivity contribution is -0.384. The predicted molar refractivity (Wildman–Crippen MR) is 97.5 cm³/mol. The Morgan fingerprint density at radius 2 is 2.04 bits per heavy atom. The van der Waals surface area contributed by atoms with Crippen molar-refractivity contribution in [3.8, 4) is 0 Å². The van der Waals surface area contributed by atoms with Crippen molar-refractivity contribution in [2.75, 3.05) is 46.9 Å². The van der Waals surface area contributed by atoms with Gasteiger partial charge in [0.05, 0.1) is 29.0 Å². The Labute approximate surface area is 155 Å². The van der Waals surface area contributed by atoms with Crippen LogP contribution < -0.4 is 5.56 Å². The van der Waals surface area contributed by atoms with E-state index in [4.69, 9.17) is 4.74 Å². The van der Waals surface area contributed by atoms with Gasteiger partial charge in [-0.2, -0.15) is 0 Å². The molecule has 1 atom stereocenters. The zero-order chi connectivity index (χ0) is 19.6. The average molecular weight is 379 g/mol. The highest BCUT2D eigenvalue weighted by Gasteiger charge is 2.28. The highest BCUT2D eigenvalue weighted by Crippen LogP contribution is 2.24. The Bertz CT molecular complexity index is 895. The fourth-order valence-corrected chi connectivity index (χ4v) is 3.13. The molecule has 1 fully saturated rings. The number of methoxy groups -OCH3 is 1. The number of rotatable bonds is 6. The van der Waals surface area contributed by atoms with Crippen LogP contribution in [0.4, 0.5) is 10.1 Å². The third-order valence-corrected chi connectivity index (χ3v) is 4.77. The molecule has 2 aromatic rings. The van der Waals surface area contributed by atoms with E-state index in [1.54, 1.807) is 4.90 Å². The first kappa shape index (κ1) is 19.3. The van der Waals surface area contributed by atoms with Crippen LogP contribution in [0, 0.1) is 10.1 Å². The fraction of sp³-hybridized carbons (Fsp3) is 0.529. The van der Waals surface area contributed by atoms with E-state index in [-0.39, 0.29) is 35.6 Å². The predicted octanol–water partition coefficient (Wildman–Crippen LogP) is 1.17. The molecule has 146 valence electrons. The first-order valence-corrected chi connectivity index (χ1v) is 8.67. The molecule has 1 unspecified atom stereocenters. The van der Waals surface area contributed by atoms with E-state index in [2.05, 4.69) is 9.88 Å². The summed E-state index contributed by atoms with van der Waals surface area (Å²) in [5.41, 5.74) is -0.470. The summed E-state index contributed by atoms with van der Waals surface area (Å²) in [6.07, 6.45) is -1.54. The third kappa shape index (κ3) is 3.97. The normalized spacial score (nSPS) is 17.3. The van der Waals surface area contributed by atoms with E-state index in [1.807, 2.05) is 7.05 Å². The minimum absolute atomic E-state index is 0.00274. The number of fused-ring (bicyclic) bond motifs is 1. The number of nitrogens with zero attached hydrogens (tertiary/aromatic N) is 5. The number of aromatic nitrogens is 2. The number of hydrogen-bond acceptors (Lipinski definition) is 7. The van der Waals surface area contributed by atoms with Gasteiger partial charge in [-0.3, -0.25) is 24.4 Å². The van der Waals surface area contributed by atoms with Gasteiger partial charge in [0, 0.05) is 45.4 Å². The molecule has 27 heavy (non-hydrogen) atoms. The quantitative estimate of drug-likeness (QED) is 0.422. The second kappa shape index (κ2) is 8.07. The minimum atomic E-state index is -1.54. The van der Waals surface area contributed by atoms with E-state index in [1.165, 1.54) is 29.9 Å². The van der Waals surface area contributed by atoms with Crippen LogP contribution in [0.5, 0.6) is 0 Å². The summed E-state index contributed by atoms with van der Waals surface area (Å²) in [6, 6.07) is 3.83. The zero-order valence-corrected chi connectivity index (χ0v) is 15.3. The maximum absolute atomic E-state index is 15.3. The lowest BCUT2D eigenvalue weighted by atomic mass is 10.2. The number of nitro groups is 1. The van der Waals surface area contributed by atoms with Crippen LogP contribution in [0.1, 0.15) is 12.1 Å². The largest absolute Gasteiger partial charge is 0.383 e. The molecule has 1 aromatic carbocycles. The lowest BCUT2D eigenvalue weighted by Gasteiger charge is -2.34. The number of benzene rings is 1. The number of nitro benzene ring substituents is 1. The molecular formula is C17H22FN5O4. The molecule has 1 aromatic heterocycles. The summed E-state index contributed by atoms with van der Waals surface area (Å²) in [5, 5.41) is 11.1. The smallest absolute Gasteiger partial charge is 0.270 e. The molecule has 0 N–H and O–H groups in total. The number of hydrogen-bond donors (Lipinski definition) is 0. The summed E-state index contributed by atoms with van der Waals surface area (Å²) in [6.45, 7) is 2.81. The molecule has 0 saturated carbocycles. The van der Waals surface area contributed by atoms with Crippen LogP contribution in [0.3, 0.4) is 0 Å². The van der Waals surface area contributed by atoms with Gasteiger partial charge in [-0.15, -0.1) is 0 Å². The molecule has 0 bridgehead atoms. The summed E-state index contributed by atoms with van der Waals surface area (Å²) in [7, 11) is 3.46. The monoisotopic (exact) mass is 379 g/mol. The van der Waals surface area contributed by atoms with Gasteiger partial charge < -0.3 is 9.64 Å². The van der Waals surface area contributed by atoms with Gasteiger partial charge in [-0.25, -0.2) is 9.37 Å². The van der Waals surface area contributed by atoms with Gasteiger partial charge in [0.2, 0.25) is 6.30 Å². The maximum atomic E-state index is 15.3. The second-order valence-corrected chi connectivity index (χ2v) is 6.55. The van der Waals surface area contributed by atoms with Crippen molar-refractivity contribution in [1.82, 2.24) is 19.4 Å². The first-order valence-electron chi connectivity index (χ1n) is 8.67. The molecule has 1 aliphatic heterocycles. The van der Waals surface area contributed by atoms with E-state index in [0.29, 0.717) is 13.1 Å². The SMILES string of the molecule is COCCn1c(C(F)N2CCN(C)CC2)nc2ccc([N+](=O)[O-])cc2c1=O. The molecule has 0 spiro atoms. The average Bonchev–Trinajstić information content (AvgIpc) is 2.66. The van der Waals surface area contributed by atoms with Crippen LogP contribution in [-0.4, -0.2) is 71.2 Å². The molecule has 0 amide bonds. The second-order valence-electron chi connectivity index (χ2n) is 6.55. The summed E-state index contributed by atoms with van der Waals surface area (Å²) < 4.78 is 21.5. The first-order chi connectivity index (χ1) is 12.9.